The maximum absolute atomic E-state index is 12.4. The molecule has 1 aliphatic heterocycles. The molecule has 0 unspecified atom stereocenters. The predicted octanol–water partition coefficient (Wildman–Crippen LogP) is 3.82. The highest BCUT2D eigenvalue weighted by atomic mass is 16.5. The number of ether oxygens (including phenoxy) is 3. The van der Waals surface area contributed by atoms with Crippen LogP contribution in [0.25, 0.3) is 0 Å². The van der Waals surface area contributed by atoms with E-state index in [2.05, 4.69) is 22.3 Å². The van der Waals surface area contributed by atoms with Crippen LogP contribution in [-0.4, -0.2) is 51.3 Å². The maximum Gasteiger partial charge on any atom is 0.258 e. The summed E-state index contributed by atoms with van der Waals surface area (Å²) < 4.78 is 16.0. The molecule has 0 aliphatic carbocycles. The zero-order chi connectivity index (χ0) is 21.2. The second-order valence-corrected chi connectivity index (χ2v) is 7.51. The van der Waals surface area contributed by atoms with E-state index in [1.54, 1.807) is 26.4 Å². The number of hydrogen-bond donors (Lipinski definition) is 1. The van der Waals surface area contributed by atoms with Gasteiger partial charge in [-0.2, -0.15) is 0 Å². The highest BCUT2D eigenvalue weighted by Crippen LogP contribution is 2.25. The molecule has 162 valence electrons. The molecule has 0 saturated carbocycles. The SMILES string of the molecule is COc1ccc(OCC(=O)NC[C@@H](c2ccc(OC)cc2)N2CCCCCC2)cc1. The van der Waals surface area contributed by atoms with Crippen molar-refractivity contribution in [1.82, 2.24) is 10.2 Å². The highest BCUT2D eigenvalue weighted by Gasteiger charge is 2.22. The first kappa shape index (κ1) is 22.0. The summed E-state index contributed by atoms with van der Waals surface area (Å²) in [6, 6.07) is 15.5. The summed E-state index contributed by atoms with van der Waals surface area (Å²) in [4.78, 5) is 14.9. The van der Waals surface area contributed by atoms with E-state index in [9.17, 15) is 4.79 Å². The number of hydrogen-bond acceptors (Lipinski definition) is 5. The normalized spacial score (nSPS) is 15.7. The molecule has 1 amide bonds. The molecule has 1 heterocycles. The van der Waals surface area contributed by atoms with E-state index < -0.39 is 0 Å². The van der Waals surface area contributed by atoms with Gasteiger partial charge in [0.15, 0.2) is 6.61 Å². The Balaban J connectivity index is 1.59. The smallest absolute Gasteiger partial charge is 0.258 e. The number of nitrogens with zero attached hydrogens (tertiary/aromatic N) is 1. The predicted molar refractivity (Wildman–Crippen MR) is 117 cm³/mol. The topological polar surface area (TPSA) is 60.0 Å². The van der Waals surface area contributed by atoms with E-state index in [4.69, 9.17) is 14.2 Å². The standard InChI is InChI=1S/C24H32N2O4/c1-28-20-9-7-19(8-10-20)23(26-15-5-3-4-6-16-26)17-25-24(27)18-30-22-13-11-21(29-2)12-14-22/h7-14,23H,3-6,15-18H2,1-2H3,(H,25,27)/t23-/m0/s1. The van der Waals surface area contributed by atoms with Gasteiger partial charge in [0.1, 0.15) is 17.2 Å². The fraction of sp³-hybridized carbons (Fsp3) is 0.458. The average Bonchev–Trinajstić information content (AvgIpc) is 3.08. The third-order valence-corrected chi connectivity index (χ3v) is 5.50. The molecule has 0 spiro atoms. The zero-order valence-electron chi connectivity index (χ0n) is 17.9. The molecule has 2 aromatic rings. The van der Waals surface area contributed by atoms with Gasteiger partial charge in [0.05, 0.1) is 20.3 Å². The molecule has 1 aliphatic rings. The zero-order valence-corrected chi connectivity index (χ0v) is 17.9. The van der Waals surface area contributed by atoms with Crippen LogP contribution >= 0.6 is 0 Å². The Morgan fingerprint density at radius 1 is 0.867 bits per heavy atom. The highest BCUT2D eigenvalue weighted by molar-refractivity contribution is 5.77. The number of amides is 1. The average molecular weight is 413 g/mol. The first-order valence-electron chi connectivity index (χ1n) is 10.6. The summed E-state index contributed by atoms with van der Waals surface area (Å²) in [5.74, 6) is 2.11. The van der Waals surface area contributed by atoms with Gasteiger partial charge < -0.3 is 19.5 Å². The molecule has 1 atom stereocenters. The van der Waals surface area contributed by atoms with Gasteiger partial charge in [-0.1, -0.05) is 25.0 Å². The van der Waals surface area contributed by atoms with Crippen LogP contribution in [0.1, 0.15) is 37.3 Å². The van der Waals surface area contributed by atoms with E-state index in [1.807, 2.05) is 24.3 Å². The minimum Gasteiger partial charge on any atom is -0.497 e. The number of rotatable bonds is 9. The monoisotopic (exact) mass is 412 g/mol. The fourth-order valence-corrected chi connectivity index (χ4v) is 3.77. The number of benzene rings is 2. The molecule has 0 aromatic heterocycles. The molecule has 30 heavy (non-hydrogen) atoms. The number of carbonyl (C=O) groups excluding carboxylic acids is 1. The molecule has 1 saturated heterocycles. The van der Waals surface area contributed by atoms with Crippen LogP contribution in [-0.2, 0) is 4.79 Å². The lowest BCUT2D eigenvalue weighted by atomic mass is 10.0. The minimum absolute atomic E-state index is 0.0122. The molecule has 6 nitrogen and oxygen atoms in total. The molecule has 6 heteroatoms. The molecule has 0 bridgehead atoms. The van der Waals surface area contributed by atoms with Crippen LogP contribution in [0.2, 0.25) is 0 Å². The molecule has 2 aromatic carbocycles. The molecule has 1 N–H and O–H groups in total. The maximum atomic E-state index is 12.4. The molecular formula is C24H32N2O4. The summed E-state index contributed by atoms with van der Waals surface area (Å²) in [5.41, 5.74) is 1.19. The van der Waals surface area contributed by atoms with E-state index in [0.29, 0.717) is 12.3 Å². The first-order chi connectivity index (χ1) is 14.7. The Morgan fingerprint density at radius 2 is 1.40 bits per heavy atom. The lowest BCUT2D eigenvalue weighted by Crippen LogP contribution is -2.40. The largest absolute Gasteiger partial charge is 0.497 e. The summed E-state index contributed by atoms with van der Waals surface area (Å²) in [5, 5.41) is 3.06. The fourth-order valence-electron chi connectivity index (χ4n) is 3.77. The van der Waals surface area contributed by atoms with Crippen molar-refractivity contribution in [2.45, 2.75) is 31.7 Å². The number of likely N-dealkylation sites (tertiary alicyclic amines) is 1. The molecule has 0 radical (unpaired) electrons. The van der Waals surface area contributed by atoms with Crippen LogP contribution in [0.15, 0.2) is 48.5 Å². The van der Waals surface area contributed by atoms with Crippen molar-refractivity contribution in [3.05, 3.63) is 54.1 Å². The van der Waals surface area contributed by atoms with E-state index in [1.165, 1.54) is 31.2 Å². The van der Waals surface area contributed by atoms with Crippen LogP contribution < -0.4 is 19.5 Å². The molecular weight excluding hydrogens is 380 g/mol. The number of carbonyl (C=O) groups is 1. The van der Waals surface area contributed by atoms with Crippen LogP contribution in [0.4, 0.5) is 0 Å². The summed E-state index contributed by atoms with van der Waals surface area (Å²) in [6.45, 7) is 2.64. The van der Waals surface area contributed by atoms with Gasteiger partial charge in [0, 0.05) is 6.54 Å². The lowest BCUT2D eigenvalue weighted by molar-refractivity contribution is -0.123. The third-order valence-electron chi connectivity index (χ3n) is 5.50. The van der Waals surface area contributed by atoms with E-state index in [-0.39, 0.29) is 18.6 Å². The Hall–Kier alpha value is -2.73. The van der Waals surface area contributed by atoms with Crippen molar-refractivity contribution in [1.29, 1.82) is 0 Å². The lowest BCUT2D eigenvalue weighted by Gasteiger charge is -2.31. The van der Waals surface area contributed by atoms with Gasteiger partial charge in [-0.15, -0.1) is 0 Å². The summed E-state index contributed by atoms with van der Waals surface area (Å²) >= 11 is 0. The minimum atomic E-state index is -0.126. The first-order valence-corrected chi connectivity index (χ1v) is 10.6. The number of nitrogens with one attached hydrogen (secondary N) is 1. The van der Waals surface area contributed by atoms with Gasteiger partial charge in [0.2, 0.25) is 0 Å². The van der Waals surface area contributed by atoms with Gasteiger partial charge in [-0.25, -0.2) is 0 Å². The Kier molecular flexibility index (Phi) is 8.39. The molecule has 1 fully saturated rings. The van der Waals surface area contributed by atoms with Gasteiger partial charge in [0.25, 0.3) is 5.91 Å². The van der Waals surface area contributed by atoms with Crippen molar-refractivity contribution in [3.8, 4) is 17.2 Å². The van der Waals surface area contributed by atoms with Crippen molar-refractivity contribution in [2.75, 3.05) is 40.5 Å². The van der Waals surface area contributed by atoms with Crippen molar-refractivity contribution in [3.63, 3.8) is 0 Å². The molecule has 3 rings (SSSR count). The van der Waals surface area contributed by atoms with E-state index in [0.717, 1.165) is 24.6 Å². The third kappa shape index (κ3) is 6.39. The Morgan fingerprint density at radius 3 is 1.97 bits per heavy atom. The van der Waals surface area contributed by atoms with Crippen LogP contribution in [0, 0.1) is 0 Å². The van der Waals surface area contributed by atoms with Crippen molar-refractivity contribution in [2.24, 2.45) is 0 Å². The van der Waals surface area contributed by atoms with Crippen LogP contribution in [0.3, 0.4) is 0 Å². The summed E-state index contributed by atoms with van der Waals surface area (Å²) in [7, 11) is 3.29. The Labute approximate surface area is 179 Å². The summed E-state index contributed by atoms with van der Waals surface area (Å²) in [6.07, 6.45) is 4.93. The quantitative estimate of drug-likeness (QED) is 0.679. The second-order valence-electron chi connectivity index (χ2n) is 7.51. The van der Waals surface area contributed by atoms with Gasteiger partial charge in [-0.3, -0.25) is 9.69 Å². The van der Waals surface area contributed by atoms with E-state index >= 15 is 0 Å². The Bertz CT molecular complexity index is 769. The number of methoxy groups -OCH3 is 2. The van der Waals surface area contributed by atoms with Crippen molar-refractivity contribution >= 4 is 5.91 Å². The second kappa shape index (κ2) is 11.5. The van der Waals surface area contributed by atoms with Crippen molar-refractivity contribution < 1.29 is 19.0 Å². The van der Waals surface area contributed by atoms with Gasteiger partial charge >= 0.3 is 0 Å². The van der Waals surface area contributed by atoms with Gasteiger partial charge in [-0.05, 0) is 67.9 Å². The van der Waals surface area contributed by atoms with Crippen LogP contribution in [0.5, 0.6) is 17.2 Å².